The van der Waals surface area contributed by atoms with Crippen molar-refractivity contribution in [2.75, 3.05) is 5.32 Å². The van der Waals surface area contributed by atoms with E-state index in [1.54, 1.807) is 6.92 Å². The number of nitrogens with one attached hydrogen (secondary N) is 1. The number of carbonyl (C=O) groups excluding carboxylic acids is 1. The van der Waals surface area contributed by atoms with Crippen molar-refractivity contribution in [3.05, 3.63) is 34.0 Å². The van der Waals surface area contributed by atoms with Gasteiger partial charge in [-0.05, 0) is 32.4 Å². The van der Waals surface area contributed by atoms with Crippen molar-refractivity contribution >= 4 is 22.2 Å². The summed E-state index contributed by atoms with van der Waals surface area (Å²) in [6.07, 6.45) is -3.46. The highest BCUT2D eigenvalue weighted by molar-refractivity contribution is 7.16. The molecule has 1 N–H and O–H groups in total. The third-order valence-corrected chi connectivity index (χ3v) is 4.53. The topological polar surface area (TPSA) is 70.7 Å². The molecule has 1 amide bonds. The number of anilines is 1. The molecule has 0 saturated carbocycles. The normalized spacial score (nSPS) is 12.7. The van der Waals surface area contributed by atoms with Crippen molar-refractivity contribution in [2.45, 2.75) is 33.0 Å². The highest BCUT2D eigenvalue weighted by atomic mass is 32.1. The van der Waals surface area contributed by atoms with E-state index < -0.39 is 23.8 Å². The molecule has 0 aliphatic heterocycles. The lowest BCUT2D eigenvalue weighted by Gasteiger charge is -2.12. The van der Waals surface area contributed by atoms with Gasteiger partial charge in [0.15, 0.2) is 5.69 Å². The molecule has 0 fully saturated rings. The second-order valence-corrected chi connectivity index (χ2v) is 6.17. The van der Waals surface area contributed by atoms with E-state index in [9.17, 15) is 18.0 Å². The summed E-state index contributed by atoms with van der Waals surface area (Å²) in [5, 5.41) is 15.5. The molecule has 23 heavy (non-hydrogen) atoms. The maximum atomic E-state index is 12.5. The average molecular weight is 342 g/mol. The van der Waals surface area contributed by atoms with Crippen molar-refractivity contribution in [1.29, 1.82) is 5.26 Å². The fourth-order valence-corrected chi connectivity index (χ4v) is 2.90. The molecule has 2 aromatic heterocycles. The monoisotopic (exact) mass is 342 g/mol. The van der Waals surface area contributed by atoms with Gasteiger partial charge in [0.1, 0.15) is 17.1 Å². The van der Waals surface area contributed by atoms with Gasteiger partial charge in [-0.15, -0.1) is 11.3 Å². The van der Waals surface area contributed by atoms with Crippen LogP contribution in [0.5, 0.6) is 0 Å². The van der Waals surface area contributed by atoms with Gasteiger partial charge < -0.3 is 5.32 Å². The number of nitrogens with zero attached hydrogens (tertiary/aromatic N) is 3. The Hall–Kier alpha value is -2.34. The van der Waals surface area contributed by atoms with Gasteiger partial charge in [-0.2, -0.15) is 23.5 Å². The Kier molecular flexibility index (Phi) is 4.47. The van der Waals surface area contributed by atoms with Crippen LogP contribution < -0.4 is 5.32 Å². The Bertz CT molecular complexity index is 785. The zero-order valence-corrected chi connectivity index (χ0v) is 13.3. The van der Waals surface area contributed by atoms with Gasteiger partial charge in [0.25, 0.3) is 0 Å². The van der Waals surface area contributed by atoms with Crippen LogP contribution in [-0.4, -0.2) is 15.7 Å². The molecule has 1 atom stereocenters. The lowest BCUT2D eigenvalue weighted by Crippen LogP contribution is -2.24. The Balaban J connectivity index is 2.20. The second-order valence-electron chi connectivity index (χ2n) is 4.94. The number of nitriles is 1. The third-order valence-electron chi connectivity index (χ3n) is 3.41. The summed E-state index contributed by atoms with van der Waals surface area (Å²) in [5.74, 6) is -0.542. The molecule has 0 radical (unpaired) electrons. The maximum absolute atomic E-state index is 12.5. The van der Waals surface area contributed by atoms with Gasteiger partial charge in [-0.1, -0.05) is 0 Å². The summed E-state index contributed by atoms with van der Waals surface area (Å²) in [6.45, 7) is 5.03. The quantitative estimate of drug-likeness (QED) is 0.925. The van der Waals surface area contributed by atoms with Crippen molar-refractivity contribution in [3.8, 4) is 6.07 Å². The fourth-order valence-electron chi connectivity index (χ4n) is 1.89. The molecule has 0 aliphatic rings. The number of amides is 1. The van der Waals surface area contributed by atoms with Crippen molar-refractivity contribution in [1.82, 2.24) is 9.78 Å². The number of hydrogen-bond acceptors (Lipinski definition) is 4. The highest BCUT2D eigenvalue weighted by Gasteiger charge is 2.34. The van der Waals surface area contributed by atoms with E-state index in [-0.39, 0.29) is 0 Å². The van der Waals surface area contributed by atoms with Crippen LogP contribution >= 0.6 is 11.3 Å². The summed E-state index contributed by atoms with van der Waals surface area (Å²) in [5.41, 5.74) is 0.0843. The first-order chi connectivity index (χ1) is 10.6. The van der Waals surface area contributed by atoms with Crippen LogP contribution in [0.2, 0.25) is 0 Å². The van der Waals surface area contributed by atoms with Crippen LogP contribution in [0, 0.1) is 25.2 Å². The first kappa shape index (κ1) is 17.0. The van der Waals surface area contributed by atoms with E-state index in [1.807, 2.05) is 13.0 Å². The third kappa shape index (κ3) is 3.37. The fraction of sp³-hybridized carbons (Fsp3) is 0.357. The number of carbonyl (C=O) groups is 1. The minimum Gasteiger partial charge on any atom is -0.315 e. The lowest BCUT2D eigenvalue weighted by molar-refractivity contribution is -0.141. The standard InChI is InChI=1S/C14H13F3N4OS/c1-7-9(3)23-13(10(7)6-18)19-12(22)8(2)21-5-4-11(20-21)14(15,16)17/h4-5,8H,1-3H3,(H,19,22). The predicted molar refractivity (Wildman–Crippen MR) is 79.1 cm³/mol. The summed E-state index contributed by atoms with van der Waals surface area (Å²) >= 11 is 1.25. The molecule has 5 nitrogen and oxygen atoms in total. The Morgan fingerprint density at radius 1 is 1.48 bits per heavy atom. The van der Waals surface area contributed by atoms with Crippen LogP contribution in [0.4, 0.5) is 18.2 Å². The summed E-state index contributed by atoms with van der Waals surface area (Å²) in [7, 11) is 0. The van der Waals surface area contributed by atoms with E-state index in [0.29, 0.717) is 10.6 Å². The zero-order chi connectivity index (χ0) is 17.4. The van der Waals surface area contributed by atoms with Crippen LogP contribution in [0.15, 0.2) is 12.3 Å². The number of halogens is 3. The van der Waals surface area contributed by atoms with Gasteiger partial charge in [-0.3, -0.25) is 9.48 Å². The molecule has 1 unspecified atom stereocenters. The smallest absolute Gasteiger partial charge is 0.315 e. The number of rotatable bonds is 3. The van der Waals surface area contributed by atoms with Gasteiger partial charge in [0, 0.05) is 11.1 Å². The van der Waals surface area contributed by atoms with E-state index in [0.717, 1.165) is 27.4 Å². The van der Waals surface area contributed by atoms with Crippen molar-refractivity contribution in [3.63, 3.8) is 0 Å². The Morgan fingerprint density at radius 3 is 2.65 bits per heavy atom. The second kappa shape index (κ2) is 6.04. The molecule has 9 heteroatoms. The van der Waals surface area contributed by atoms with Crippen LogP contribution in [0.1, 0.15) is 34.7 Å². The molecule has 0 bridgehead atoms. The highest BCUT2D eigenvalue weighted by Crippen LogP contribution is 2.32. The van der Waals surface area contributed by atoms with E-state index in [1.165, 1.54) is 18.3 Å². The first-order valence-electron chi connectivity index (χ1n) is 6.58. The first-order valence-corrected chi connectivity index (χ1v) is 7.40. The number of aromatic nitrogens is 2. The predicted octanol–water partition coefficient (Wildman–Crippen LogP) is 3.65. The Morgan fingerprint density at radius 2 is 2.13 bits per heavy atom. The molecule has 2 heterocycles. The van der Waals surface area contributed by atoms with Crippen LogP contribution in [0.3, 0.4) is 0 Å². The number of hydrogen-bond donors (Lipinski definition) is 1. The average Bonchev–Trinajstić information content (AvgIpc) is 3.04. The number of thiophene rings is 1. The molecule has 0 saturated heterocycles. The van der Waals surface area contributed by atoms with E-state index in [4.69, 9.17) is 5.26 Å². The molecule has 2 rings (SSSR count). The molecule has 2 aromatic rings. The summed E-state index contributed by atoms with van der Waals surface area (Å²) in [4.78, 5) is 13.1. The molecule has 0 aromatic carbocycles. The molecular weight excluding hydrogens is 329 g/mol. The largest absolute Gasteiger partial charge is 0.435 e. The summed E-state index contributed by atoms with van der Waals surface area (Å²) < 4.78 is 38.6. The molecular formula is C14H13F3N4OS. The Labute approximate surface area is 134 Å². The SMILES string of the molecule is Cc1sc(NC(=O)C(C)n2ccc(C(F)(F)F)n2)c(C#N)c1C. The molecule has 0 aliphatic carbocycles. The minimum absolute atomic E-state index is 0.365. The molecule has 122 valence electrons. The van der Waals surface area contributed by atoms with Crippen molar-refractivity contribution < 1.29 is 18.0 Å². The van der Waals surface area contributed by atoms with E-state index >= 15 is 0 Å². The van der Waals surface area contributed by atoms with Crippen LogP contribution in [-0.2, 0) is 11.0 Å². The van der Waals surface area contributed by atoms with Gasteiger partial charge in [-0.25, -0.2) is 0 Å². The van der Waals surface area contributed by atoms with E-state index in [2.05, 4.69) is 10.4 Å². The summed E-state index contributed by atoms with van der Waals surface area (Å²) in [6, 6.07) is 1.88. The van der Waals surface area contributed by atoms with Gasteiger partial charge in [0.05, 0.1) is 5.56 Å². The molecule has 0 spiro atoms. The van der Waals surface area contributed by atoms with Gasteiger partial charge in [0.2, 0.25) is 5.91 Å². The minimum atomic E-state index is -4.56. The zero-order valence-electron chi connectivity index (χ0n) is 12.5. The number of aryl methyl sites for hydroxylation is 1. The number of alkyl halides is 3. The lowest BCUT2D eigenvalue weighted by atomic mass is 10.2. The van der Waals surface area contributed by atoms with Gasteiger partial charge >= 0.3 is 6.18 Å². The maximum Gasteiger partial charge on any atom is 0.435 e. The van der Waals surface area contributed by atoms with Crippen LogP contribution in [0.25, 0.3) is 0 Å². The van der Waals surface area contributed by atoms with Crippen molar-refractivity contribution in [2.24, 2.45) is 0 Å².